The zero-order valence-corrected chi connectivity index (χ0v) is 14.7. The number of hydrogen-bond acceptors (Lipinski definition) is 3. The van der Waals surface area contributed by atoms with E-state index in [1.807, 2.05) is 23.9 Å². The molecule has 0 aromatic heterocycles. The van der Waals surface area contributed by atoms with Crippen LogP contribution in [-0.4, -0.2) is 24.2 Å². The molecule has 1 saturated carbocycles. The fraction of sp³-hybridized carbons (Fsp3) is 0.632. The SMILES string of the molecule is O=C(CCC1CCNCC1)Nc1ccccc1SC1CCCC1. The van der Waals surface area contributed by atoms with Crippen LogP contribution in [0.4, 0.5) is 5.69 Å². The first-order valence-corrected chi connectivity index (χ1v) is 9.95. The summed E-state index contributed by atoms with van der Waals surface area (Å²) >= 11 is 1.94. The molecule has 23 heavy (non-hydrogen) atoms. The number of benzene rings is 1. The zero-order valence-electron chi connectivity index (χ0n) is 13.9. The minimum Gasteiger partial charge on any atom is -0.325 e. The molecule has 1 aromatic carbocycles. The van der Waals surface area contributed by atoms with Gasteiger partial charge in [-0.15, -0.1) is 11.8 Å². The maximum atomic E-state index is 12.3. The Bertz CT molecular complexity index is 508. The van der Waals surface area contributed by atoms with Gasteiger partial charge < -0.3 is 10.6 Å². The van der Waals surface area contributed by atoms with Gasteiger partial charge in [-0.1, -0.05) is 25.0 Å². The molecule has 1 amide bonds. The van der Waals surface area contributed by atoms with E-state index in [1.165, 1.54) is 43.4 Å². The molecule has 1 saturated heterocycles. The minimum atomic E-state index is 0.169. The summed E-state index contributed by atoms with van der Waals surface area (Å²) in [6, 6.07) is 8.27. The highest BCUT2D eigenvalue weighted by molar-refractivity contribution is 8.00. The Morgan fingerprint density at radius 2 is 1.87 bits per heavy atom. The smallest absolute Gasteiger partial charge is 0.224 e. The normalized spacial score (nSPS) is 19.8. The number of hydrogen-bond donors (Lipinski definition) is 2. The van der Waals surface area contributed by atoms with Gasteiger partial charge in [0, 0.05) is 16.6 Å². The third-order valence-corrected chi connectivity index (χ3v) is 6.41. The fourth-order valence-electron chi connectivity index (χ4n) is 3.58. The van der Waals surface area contributed by atoms with Gasteiger partial charge in [-0.05, 0) is 63.2 Å². The lowest BCUT2D eigenvalue weighted by atomic mass is 9.93. The van der Waals surface area contributed by atoms with Gasteiger partial charge in [0.2, 0.25) is 5.91 Å². The van der Waals surface area contributed by atoms with Crippen molar-refractivity contribution in [3.63, 3.8) is 0 Å². The molecule has 3 rings (SSSR count). The Hall–Kier alpha value is -1.00. The summed E-state index contributed by atoms with van der Waals surface area (Å²) in [6.45, 7) is 2.21. The van der Waals surface area contributed by atoms with E-state index in [0.29, 0.717) is 12.3 Å². The van der Waals surface area contributed by atoms with Gasteiger partial charge in [0.25, 0.3) is 0 Å². The van der Waals surface area contributed by atoms with Gasteiger partial charge in [-0.25, -0.2) is 0 Å². The van der Waals surface area contributed by atoms with Crippen molar-refractivity contribution in [1.29, 1.82) is 0 Å². The molecule has 2 fully saturated rings. The summed E-state index contributed by atoms with van der Waals surface area (Å²) in [5, 5.41) is 7.25. The molecule has 2 N–H and O–H groups in total. The Morgan fingerprint density at radius 1 is 1.13 bits per heavy atom. The first-order chi connectivity index (χ1) is 11.3. The van der Waals surface area contributed by atoms with E-state index in [2.05, 4.69) is 22.8 Å². The minimum absolute atomic E-state index is 0.169. The van der Waals surface area contributed by atoms with Gasteiger partial charge in [0.15, 0.2) is 0 Å². The monoisotopic (exact) mass is 332 g/mol. The first-order valence-electron chi connectivity index (χ1n) is 9.07. The highest BCUT2D eigenvalue weighted by atomic mass is 32.2. The molecule has 0 spiro atoms. The van der Waals surface area contributed by atoms with Gasteiger partial charge in [-0.2, -0.15) is 0 Å². The molecule has 3 nitrogen and oxygen atoms in total. The van der Waals surface area contributed by atoms with Crippen molar-refractivity contribution in [3.05, 3.63) is 24.3 Å². The molecule has 1 heterocycles. The number of carbonyl (C=O) groups excluding carboxylic acids is 1. The fourth-order valence-corrected chi connectivity index (χ4v) is 4.91. The molecule has 0 unspecified atom stereocenters. The Labute approximate surface area is 144 Å². The molecule has 4 heteroatoms. The van der Waals surface area contributed by atoms with Crippen LogP contribution < -0.4 is 10.6 Å². The molecule has 0 radical (unpaired) electrons. The van der Waals surface area contributed by atoms with E-state index in [9.17, 15) is 4.79 Å². The van der Waals surface area contributed by atoms with E-state index in [4.69, 9.17) is 0 Å². The molecule has 0 atom stereocenters. The van der Waals surface area contributed by atoms with E-state index < -0.39 is 0 Å². The maximum absolute atomic E-state index is 12.3. The van der Waals surface area contributed by atoms with Gasteiger partial charge in [0.1, 0.15) is 0 Å². The van der Waals surface area contributed by atoms with Crippen molar-refractivity contribution in [2.24, 2.45) is 5.92 Å². The lowest BCUT2D eigenvalue weighted by Crippen LogP contribution is -2.28. The van der Waals surface area contributed by atoms with Gasteiger partial charge >= 0.3 is 0 Å². The molecule has 1 aromatic rings. The molecule has 0 bridgehead atoms. The summed E-state index contributed by atoms with van der Waals surface area (Å²) < 4.78 is 0. The lowest BCUT2D eigenvalue weighted by molar-refractivity contribution is -0.116. The number of para-hydroxylation sites is 1. The largest absolute Gasteiger partial charge is 0.325 e. The third-order valence-electron chi connectivity index (χ3n) is 5.00. The van der Waals surface area contributed by atoms with E-state index in [1.54, 1.807) is 0 Å². The predicted octanol–water partition coefficient (Wildman–Crippen LogP) is 4.44. The molecule has 1 aliphatic heterocycles. The van der Waals surface area contributed by atoms with Crippen LogP contribution in [0.25, 0.3) is 0 Å². The maximum Gasteiger partial charge on any atom is 0.224 e. The number of amides is 1. The molecular weight excluding hydrogens is 304 g/mol. The summed E-state index contributed by atoms with van der Waals surface area (Å²) in [5.74, 6) is 0.883. The number of piperidine rings is 1. The number of anilines is 1. The lowest BCUT2D eigenvalue weighted by Gasteiger charge is -2.22. The average molecular weight is 333 g/mol. The summed E-state index contributed by atoms with van der Waals surface area (Å²) in [5.41, 5.74) is 1.000. The van der Waals surface area contributed by atoms with Crippen molar-refractivity contribution in [3.8, 4) is 0 Å². The highest BCUT2D eigenvalue weighted by Gasteiger charge is 2.19. The van der Waals surface area contributed by atoms with Crippen LogP contribution in [0.2, 0.25) is 0 Å². The third kappa shape index (κ3) is 5.25. The van der Waals surface area contributed by atoms with Crippen LogP contribution in [0.5, 0.6) is 0 Å². The van der Waals surface area contributed by atoms with Crippen molar-refractivity contribution in [2.75, 3.05) is 18.4 Å². The molecule has 126 valence electrons. The van der Waals surface area contributed by atoms with Crippen LogP contribution in [0.15, 0.2) is 29.2 Å². The van der Waals surface area contributed by atoms with Crippen LogP contribution in [0, 0.1) is 5.92 Å². The zero-order chi connectivity index (χ0) is 15.9. The van der Waals surface area contributed by atoms with Crippen LogP contribution >= 0.6 is 11.8 Å². The van der Waals surface area contributed by atoms with E-state index in [0.717, 1.165) is 30.4 Å². The van der Waals surface area contributed by atoms with Gasteiger partial charge in [-0.3, -0.25) is 4.79 Å². The Balaban J connectivity index is 1.50. The van der Waals surface area contributed by atoms with Crippen LogP contribution in [0.1, 0.15) is 51.4 Å². The van der Waals surface area contributed by atoms with Crippen LogP contribution in [0.3, 0.4) is 0 Å². The van der Waals surface area contributed by atoms with E-state index >= 15 is 0 Å². The standard InChI is InChI=1S/C19H28N2OS/c22-19(10-9-15-11-13-20-14-12-15)21-17-7-3-4-8-18(17)23-16-5-1-2-6-16/h3-4,7-8,15-16,20H,1-2,5-6,9-14H2,(H,21,22). The molecule has 2 aliphatic rings. The molecule has 1 aliphatic carbocycles. The summed E-state index contributed by atoms with van der Waals surface area (Å²) in [7, 11) is 0. The average Bonchev–Trinajstić information content (AvgIpc) is 3.09. The second kappa shape index (κ2) is 8.74. The van der Waals surface area contributed by atoms with Gasteiger partial charge in [0.05, 0.1) is 5.69 Å². The van der Waals surface area contributed by atoms with Crippen molar-refractivity contribution in [1.82, 2.24) is 5.32 Å². The van der Waals surface area contributed by atoms with Crippen molar-refractivity contribution < 1.29 is 4.79 Å². The first kappa shape index (κ1) is 16.8. The number of nitrogens with one attached hydrogen (secondary N) is 2. The second-order valence-electron chi connectivity index (χ2n) is 6.80. The highest BCUT2D eigenvalue weighted by Crippen LogP contribution is 2.38. The molecular formula is C19H28N2OS. The topological polar surface area (TPSA) is 41.1 Å². The van der Waals surface area contributed by atoms with Crippen LogP contribution in [-0.2, 0) is 4.79 Å². The van der Waals surface area contributed by atoms with Crippen molar-refractivity contribution in [2.45, 2.75) is 61.5 Å². The quantitative estimate of drug-likeness (QED) is 0.809. The number of carbonyl (C=O) groups is 1. The second-order valence-corrected chi connectivity index (χ2v) is 8.14. The number of thioether (sulfide) groups is 1. The number of rotatable bonds is 6. The van der Waals surface area contributed by atoms with E-state index in [-0.39, 0.29) is 5.91 Å². The predicted molar refractivity (Wildman–Crippen MR) is 98.0 cm³/mol. The Morgan fingerprint density at radius 3 is 2.65 bits per heavy atom. The Kier molecular flexibility index (Phi) is 6.40. The summed E-state index contributed by atoms with van der Waals surface area (Å²) in [6.07, 6.45) is 9.40. The summed E-state index contributed by atoms with van der Waals surface area (Å²) in [4.78, 5) is 13.5. The van der Waals surface area contributed by atoms with Crippen molar-refractivity contribution >= 4 is 23.4 Å².